The minimum absolute atomic E-state index is 0.0618. The number of hydrogen-bond donors (Lipinski definition) is 5. The third kappa shape index (κ3) is 4.03. The van der Waals surface area contributed by atoms with E-state index in [2.05, 4.69) is 26.6 Å². The van der Waals surface area contributed by atoms with Gasteiger partial charge < -0.3 is 21.8 Å². The first-order chi connectivity index (χ1) is 14.2. The smallest absolute Gasteiger partial charge is 0.272 e. The Bertz CT molecular complexity index is 1100. The van der Waals surface area contributed by atoms with E-state index in [1.54, 1.807) is 6.92 Å². The average Bonchev–Trinajstić information content (AvgIpc) is 2.64. The minimum atomic E-state index is -4.12. The molecule has 11 heteroatoms. The van der Waals surface area contributed by atoms with Gasteiger partial charge in [-0.15, -0.1) is 0 Å². The summed E-state index contributed by atoms with van der Waals surface area (Å²) < 4.78 is 28.8. The highest BCUT2D eigenvalue weighted by atomic mass is 32.2. The van der Waals surface area contributed by atoms with Gasteiger partial charge in [-0.1, -0.05) is 13.0 Å². The number of pyridine rings is 1. The van der Waals surface area contributed by atoms with Gasteiger partial charge in [-0.25, -0.2) is 13.1 Å². The van der Waals surface area contributed by atoms with Gasteiger partial charge >= 0.3 is 0 Å². The van der Waals surface area contributed by atoms with Crippen LogP contribution in [-0.4, -0.2) is 44.8 Å². The molecule has 0 aromatic carbocycles. The molecule has 1 unspecified atom stereocenters. The fraction of sp³-hybridized carbons (Fsp3) is 0.421. The van der Waals surface area contributed by atoms with Crippen LogP contribution < -0.4 is 27.1 Å². The molecule has 1 atom stereocenters. The number of nitrogens with zero attached hydrogens (tertiary/aromatic N) is 1. The largest absolute Gasteiger partial charge is 0.393 e. The zero-order valence-electron chi connectivity index (χ0n) is 16.7. The van der Waals surface area contributed by atoms with Crippen molar-refractivity contribution < 1.29 is 13.2 Å². The van der Waals surface area contributed by atoms with Crippen molar-refractivity contribution >= 4 is 33.5 Å². The second-order valence-corrected chi connectivity index (χ2v) is 9.19. The number of aromatic nitrogens is 1. The van der Waals surface area contributed by atoms with E-state index in [1.807, 2.05) is 0 Å². The molecule has 30 heavy (non-hydrogen) atoms. The van der Waals surface area contributed by atoms with Crippen molar-refractivity contribution in [2.24, 2.45) is 16.6 Å². The molecule has 2 aliphatic rings. The molecular weight excluding hydrogens is 408 g/mol. The lowest BCUT2D eigenvalue weighted by atomic mass is 9.86. The van der Waals surface area contributed by atoms with Crippen molar-refractivity contribution in [3.05, 3.63) is 39.8 Å². The Morgan fingerprint density at radius 3 is 2.67 bits per heavy atom. The average molecular weight is 435 g/mol. The molecule has 10 nitrogen and oxygen atoms in total. The first kappa shape index (κ1) is 21.8. The number of H-pyrrole nitrogens is 1. The highest BCUT2D eigenvalue weighted by molar-refractivity contribution is 7.89. The summed E-state index contributed by atoms with van der Waals surface area (Å²) in [6.45, 7) is 6.11. The number of carbonyl (C=O) groups is 1. The van der Waals surface area contributed by atoms with Crippen LogP contribution in [0.15, 0.2) is 38.6 Å². The second-order valence-electron chi connectivity index (χ2n) is 7.49. The van der Waals surface area contributed by atoms with Crippen LogP contribution in [0.4, 0.5) is 5.69 Å². The third-order valence-electron chi connectivity index (χ3n) is 5.55. The second kappa shape index (κ2) is 8.44. The van der Waals surface area contributed by atoms with Crippen LogP contribution in [0.5, 0.6) is 0 Å². The summed E-state index contributed by atoms with van der Waals surface area (Å²) in [6, 6.07) is -0.353. The first-order valence-electron chi connectivity index (χ1n) is 9.61. The zero-order chi connectivity index (χ0) is 22.1. The number of aliphatic imine (C=N–C) groups is 1. The number of carbonyl (C=O) groups excluding carboxylic acids is 1. The maximum Gasteiger partial charge on any atom is 0.272 e. The van der Waals surface area contributed by atoms with Gasteiger partial charge in [-0.2, -0.15) is 0 Å². The molecule has 1 aromatic rings. The van der Waals surface area contributed by atoms with Crippen molar-refractivity contribution in [1.82, 2.24) is 15.0 Å². The molecule has 7 N–H and O–H groups in total. The van der Waals surface area contributed by atoms with E-state index >= 15 is 0 Å². The Balaban J connectivity index is 2.19. The van der Waals surface area contributed by atoms with Crippen LogP contribution in [-0.2, 0) is 14.8 Å². The summed E-state index contributed by atoms with van der Waals surface area (Å²) in [5.74, 6) is 0.333. The zero-order valence-corrected chi connectivity index (χ0v) is 17.5. The highest BCUT2D eigenvalue weighted by Gasteiger charge is 2.32. The SMILES string of the molecule is C=C1C(CNC=O)=C(c2c[nH]c(=O)c(N)c2S(=O)(=O)NCC2CCC2)C(N)=NC1C. The van der Waals surface area contributed by atoms with E-state index in [1.165, 1.54) is 6.20 Å². The molecule has 1 aliphatic heterocycles. The molecule has 1 saturated carbocycles. The topological polar surface area (TPSA) is 173 Å². The van der Waals surface area contributed by atoms with Gasteiger partial charge in [0.1, 0.15) is 16.4 Å². The van der Waals surface area contributed by atoms with Gasteiger partial charge in [0.2, 0.25) is 16.4 Å². The molecule has 0 radical (unpaired) electrons. The van der Waals surface area contributed by atoms with Gasteiger partial charge in [-0.3, -0.25) is 14.6 Å². The highest BCUT2D eigenvalue weighted by Crippen LogP contribution is 2.34. The van der Waals surface area contributed by atoms with E-state index in [0.29, 0.717) is 17.6 Å². The molecule has 1 aliphatic carbocycles. The normalized spacial score (nSPS) is 20.0. The maximum atomic E-state index is 13.1. The Morgan fingerprint density at radius 2 is 2.07 bits per heavy atom. The predicted octanol–water partition coefficient (Wildman–Crippen LogP) is -0.149. The molecule has 2 heterocycles. The van der Waals surface area contributed by atoms with Crippen molar-refractivity contribution in [2.45, 2.75) is 37.1 Å². The molecule has 1 aromatic heterocycles. The number of nitrogens with one attached hydrogen (secondary N) is 3. The number of nitrogen functional groups attached to an aromatic ring is 1. The van der Waals surface area contributed by atoms with E-state index in [9.17, 15) is 18.0 Å². The number of sulfonamides is 1. The summed E-state index contributed by atoms with van der Waals surface area (Å²) in [7, 11) is -4.12. The fourth-order valence-corrected chi connectivity index (χ4v) is 5.00. The number of nitrogens with two attached hydrogens (primary N) is 2. The first-order valence-corrected chi connectivity index (χ1v) is 11.1. The molecule has 1 fully saturated rings. The Morgan fingerprint density at radius 1 is 1.37 bits per heavy atom. The Hall–Kier alpha value is -2.92. The summed E-state index contributed by atoms with van der Waals surface area (Å²) in [6.07, 6.45) is 4.73. The van der Waals surface area contributed by atoms with E-state index in [0.717, 1.165) is 19.3 Å². The third-order valence-corrected chi connectivity index (χ3v) is 7.08. The number of anilines is 1. The number of dihydropyridines is 1. The van der Waals surface area contributed by atoms with E-state index in [4.69, 9.17) is 11.5 Å². The number of aromatic amines is 1. The van der Waals surface area contributed by atoms with Crippen molar-refractivity contribution in [3.8, 4) is 0 Å². The number of amidine groups is 1. The maximum absolute atomic E-state index is 13.1. The van der Waals surface area contributed by atoms with Gasteiger partial charge in [0.05, 0.1) is 6.04 Å². The van der Waals surface area contributed by atoms with Crippen LogP contribution in [0, 0.1) is 5.92 Å². The van der Waals surface area contributed by atoms with E-state index in [-0.39, 0.29) is 46.9 Å². The van der Waals surface area contributed by atoms with Crippen molar-refractivity contribution in [1.29, 1.82) is 0 Å². The predicted molar refractivity (Wildman–Crippen MR) is 115 cm³/mol. The van der Waals surface area contributed by atoms with E-state index < -0.39 is 21.3 Å². The molecule has 0 spiro atoms. The van der Waals surface area contributed by atoms with Crippen LogP contribution in [0.3, 0.4) is 0 Å². The summed E-state index contributed by atoms with van der Waals surface area (Å²) in [5, 5.41) is 2.55. The lowest BCUT2D eigenvalue weighted by molar-refractivity contribution is -0.109. The fourth-order valence-electron chi connectivity index (χ4n) is 3.57. The standard InChI is InChI=1S/C19H26N6O4S/c1-10-11(2)25-18(21)15(13(10)7-22-9-26)14-8-23-19(27)16(20)17(14)30(28,29)24-6-12-4-3-5-12/h8-9,11-12,24H,1,3-7,20H2,2H3,(H2,21,25)(H,22,26)(H,23,27). The number of amides is 1. The summed E-state index contributed by atoms with van der Waals surface area (Å²) >= 11 is 0. The lowest BCUT2D eigenvalue weighted by Crippen LogP contribution is -2.35. The van der Waals surface area contributed by atoms with Gasteiger partial charge in [0.25, 0.3) is 5.56 Å². The lowest BCUT2D eigenvalue weighted by Gasteiger charge is -2.27. The summed E-state index contributed by atoms with van der Waals surface area (Å²) in [5.41, 5.74) is 12.4. The quantitative estimate of drug-likeness (QED) is 0.356. The Kier molecular flexibility index (Phi) is 6.13. The Labute approximate surface area is 174 Å². The molecule has 3 rings (SSSR count). The van der Waals surface area contributed by atoms with Gasteiger partial charge in [-0.05, 0) is 36.8 Å². The van der Waals surface area contributed by atoms with Crippen LogP contribution in [0.1, 0.15) is 31.7 Å². The van der Waals surface area contributed by atoms with Crippen molar-refractivity contribution in [3.63, 3.8) is 0 Å². The summed E-state index contributed by atoms with van der Waals surface area (Å²) in [4.78, 5) is 29.4. The molecule has 162 valence electrons. The molecule has 0 saturated heterocycles. The number of rotatable bonds is 8. The van der Waals surface area contributed by atoms with Gasteiger partial charge in [0, 0.05) is 30.4 Å². The molecular formula is C19H26N6O4S. The van der Waals surface area contributed by atoms with Gasteiger partial charge in [0.15, 0.2) is 0 Å². The van der Waals surface area contributed by atoms with Crippen LogP contribution in [0.2, 0.25) is 0 Å². The number of hydrogen-bond acceptors (Lipinski definition) is 7. The van der Waals surface area contributed by atoms with Crippen LogP contribution in [0.25, 0.3) is 5.57 Å². The van der Waals surface area contributed by atoms with Crippen molar-refractivity contribution in [2.75, 3.05) is 18.8 Å². The molecule has 1 amide bonds. The minimum Gasteiger partial charge on any atom is -0.393 e. The monoisotopic (exact) mass is 434 g/mol. The molecule has 0 bridgehead atoms. The van der Waals surface area contributed by atoms with Crippen LogP contribution >= 0.6 is 0 Å².